The molecule has 1 heterocycles. The number of carbonyl (C=O) groups is 1. The van der Waals surface area contributed by atoms with Crippen LogP contribution in [0.3, 0.4) is 0 Å². The number of hydrogen-bond donors (Lipinski definition) is 1. The van der Waals surface area contributed by atoms with Gasteiger partial charge >= 0.3 is 12.8 Å². The Morgan fingerprint density at radius 1 is 1.23 bits per heavy atom. The van der Waals surface area contributed by atoms with Crippen molar-refractivity contribution < 1.29 is 39.9 Å². The highest BCUT2D eigenvalue weighted by Gasteiger charge is 2.36. The number of sulfone groups is 1. The predicted molar refractivity (Wildman–Crippen MR) is 137 cm³/mol. The molecule has 0 saturated heterocycles. The highest BCUT2D eigenvalue weighted by atomic mass is 35.5. The Morgan fingerprint density at radius 2 is 1.87 bits per heavy atom. The van der Waals surface area contributed by atoms with Crippen LogP contribution >= 0.6 is 11.6 Å². The van der Waals surface area contributed by atoms with E-state index in [0.717, 1.165) is 13.0 Å². The third kappa shape index (κ3) is 7.84. The topological polar surface area (TPSA) is 90.3 Å². The van der Waals surface area contributed by atoms with Crippen molar-refractivity contribution in [2.24, 2.45) is 11.8 Å². The number of nitrogens with zero attached hydrogens (tertiary/aromatic N) is 2. The molecule has 1 aromatic heterocycles. The maximum Gasteiger partial charge on any atom is 0.391 e. The summed E-state index contributed by atoms with van der Waals surface area (Å²) in [6.07, 6.45) is -1.38. The Labute approximate surface area is 229 Å². The van der Waals surface area contributed by atoms with Crippen LogP contribution in [0.1, 0.15) is 55.6 Å². The van der Waals surface area contributed by atoms with Crippen LogP contribution in [0.2, 0.25) is 5.02 Å². The van der Waals surface area contributed by atoms with Crippen molar-refractivity contribution in [1.82, 2.24) is 15.1 Å². The molecule has 7 nitrogen and oxygen atoms in total. The average molecular weight is 600 g/mol. The number of ether oxygens (including phenoxy) is 1. The van der Waals surface area contributed by atoms with Gasteiger partial charge < -0.3 is 10.1 Å². The molecule has 1 N–H and O–H groups in total. The lowest BCUT2D eigenvalue weighted by atomic mass is 9.89. The van der Waals surface area contributed by atoms with Gasteiger partial charge in [-0.05, 0) is 62.6 Å². The molecule has 2 aromatic rings. The number of nitrogens with one attached hydrogen (secondary N) is 1. The van der Waals surface area contributed by atoms with Crippen molar-refractivity contribution >= 4 is 27.3 Å². The van der Waals surface area contributed by atoms with Gasteiger partial charge in [0, 0.05) is 24.9 Å². The van der Waals surface area contributed by atoms with Crippen LogP contribution in [0.5, 0.6) is 5.75 Å². The van der Waals surface area contributed by atoms with E-state index in [1.807, 2.05) is 0 Å². The number of amides is 1. The van der Waals surface area contributed by atoms with Crippen LogP contribution in [-0.4, -0.2) is 54.9 Å². The standard InChI is InChI=1S/C25H31ClF5N3O4S/c1-4-34-22(18-10-7-16(11-14(2)25(29,30)31)12-19(18)38-24(27)28)20(26)21(33-34)23(35)32-13-15-5-8-17(9-6-15)39(3,36)37/h7,10,12,14-15,17,24H,4-6,8-9,11,13H2,1-3H3,(H,32,35)/t14-,15?,17?/m0/s1. The van der Waals surface area contributed by atoms with Crippen molar-refractivity contribution in [3.05, 3.63) is 34.5 Å². The highest BCUT2D eigenvalue weighted by Crippen LogP contribution is 2.39. The van der Waals surface area contributed by atoms with Crippen LogP contribution in [0, 0.1) is 11.8 Å². The number of halogens is 6. The fraction of sp³-hybridized carbons (Fsp3) is 0.600. The van der Waals surface area contributed by atoms with Crippen molar-refractivity contribution in [2.75, 3.05) is 12.8 Å². The second-order valence-electron chi connectivity index (χ2n) is 9.87. The zero-order chi connectivity index (χ0) is 29.1. The Hall–Kier alpha value is -2.41. The highest BCUT2D eigenvalue weighted by molar-refractivity contribution is 7.91. The molecule has 1 atom stereocenters. The maximum absolute atomic E-state index is 13.2. The number of hydrogen-bond acceptors (Lipinski definition) is 5. The monoisotopic (exact) mass is 599 g/mol. The summed E-state index contributed by atoms with van der Waals surface area (Å²) in [5.74, 6) is -2.60. The molecule has 0 spiro atoms. The van der Waals surface area contributed by atoms with Gasteiger partial charge in [-0.15, -0.1) is 0 Å². The first-order valence-corrected chi connectivity index (χ1v) is 14.8. The number of carbonyl (C=O) groups excluding carboxylic acids is 1. The van der Waals surface area contributed by atoms with Crippen LogP contribution in [0.25, 0.3) is 11.3 Å². The average Bonchev–Trinajstić information content (AvgIpc) is 3.17. The van der Waals surface area contributed by atoms with Gasteiger partial charge in [0.05, 0.1) is 21.9 Å². The molecule has 0 bridgehead atoms. The minimum absolute atomic E-state index is 0.0520. The van der Waals surface area contributed by atoms with Crippen molar-refractivity contribution in [2.45, 2.75) is 70.5 Å². The maximum atomic E-state index is 13.2. The predicted octanol–water partition coefficient (Wildman–Crippen LogP) is 5.90. The molecule has 1 fully saturated rings. The minimum Gasteiger partial charge on any atom is -0.434 e. The molecular weight excluding hydrogens is 569 g/mol. The van der Waals surface area contributed by atoms with E-state index < -0.39 is 40.9 Å². The first-order chi connectivity index (χ1) is 18.1. The summed E-state index contributed by atoms with van der Waals surface area (Å²) in [5.41, 5.74) is 0.165. The van der Waals surface area contributed by atoms with Gasteiger partial charge in [0.15, 0.2) is 5.69 Å². The zero-order valence-corrected chi connectivity index (χ0v) is 23.3. The Balaban J connectivity index is 1.83. The molecule has 1 aliphatic carbocycles. The van der Waals surface area contributed by atoms with Gasteiger partial charge in [0.1, 0.15) is 15.6 Å². The molecule has 3 rings (SSSR count). The summed E-state index contributed by atoms with van der Waals surface area (Å²) in [4.78, 5) is 13.0. The Bertz CT molecular complexity index is 1280. The first-order valence-electron chi connectivity index (χ1n) is 12.5. The SMILES string of the molecule is CCn1nc(C(=O)NCC2CCC(S(C)(=O)=O)CC2)c(Cl)c1-c1ccc(C[C@H](C)C(F)(F)F)cc1OC(F)F. The van der Waals surface area contributed by atoms with E-state index in [0.29, 0.717) is 25.7 Å². The van der Waals surface area contributed by atoms with Gasteiger partial charge in [-0.3, -0.25) is 9.48 Å². The summed E-state index contributed by atoms with van der Waals surface area (Å²) in [7, 11) is -3.11. The van der Waals surface area contributed by atoms with Crippen LogP contribution in [-0.2, 0) is 22.8 Å². The summed E-state index contributed by atoms with van der Waals surface area (Å²) in [6.45, 7) is -0.0736. The smallest absolute Gasteiger partial charge is 0.391 e. The van der Waals surface area contributed by atoms with E-state index in [1.54, 1.807) is 6.92 Å². The van der Waals surface area contributed by atoms with Crippen molar-refractivity contribution in [3.8, 4) is 17.0 Å². The Kier molecular flexibility index (Phi) is 9.90. The van der Waals surface area contributed by atoms with E-state index in [2.05, 4.69) is 15.2 Å². The lowest BCUT2D eigenvalue weighted by molar-refractivity contribution is -0.169. The summed E-state index contributed by atoms with van der Waals surface area (Å²) in [6, 6.07) is 3.80. The van der Waals surface area contributed by atoms with Crippen LogP contribution in [0.4, 0.5) is 22.0 Å². The lowest BCUT2D eigenvalue weighted by Gasteiger charge is -2.27. The van der Waals surface area contributed by atoms with Crippen LogP contribution < -0.4 is 10.1 Å². The summed E-state index contributed by atoms with van der Waals surface area (Å²) >= 11 is 6.52. The number of rotatable bonds is 10. The zero-order valence-electron chi connectivity index (χ0n) is 21.7. The molecular formula is C25H31ClF5N3O4S. The molecule has 0 unspecified atom stereocenters. The van der Waals surface area contributed by atoms with Crippen molar-refractivity contribution in [1.29, 1.82) is 0 Å². The Morgan fingerprint density at radius 3 is 2.41 bits per heavy atom. The van der Waals surface area contributed by atoms with Gasteiger partial charge in [0.25, 0.3) is 5.91 Å². The third-order valence-electron chi connectivity index (χ3n) is 6.98. The third-order valence-corrected chi connectivity index (χ3v) is 9.02. The molecule has 1 aliphatic rings. The van der Waals surface area contributed by atoms with Gasteiger partial charge in [-0.2, -0.15) is 27.1 Å². The van der Waals surface area contributed by atoms with E-state index in [1.165, 1.54) is 23.1 Å². The van der Waals surface area contributed by atoms with E-state index in [9.17, 15) is 35.2 Å². The number of benzene rings is 1. The van der Waals surface area contributed by atoms with E-state index >= 15 is 0 Å². The fourth-order valence-corrected chi connectivity index (χ4v) is 6.16. The second-order valence-corrected chi connectivity index (χ2v) is 12.6. The quantitative estimate of drug-likeness (QED) is 0.344. The minimum atomic E-state index is -4.46. The molecule has 218 valence electrons. The summed E-state index contributed by atoms with van der Waals surface area (Å²) in [5, 5.41) is 6.50. The van der Waals surface area contributed by atoms with E-state index in [4.69, 9.17) is 11.6 Å². The fourth-order valence-electron chi connectivity index (χ4n) is 4.71. The number of alkyl halides is 5. The molecule has 0 radical (unpaired) electrons. The number of aromatic nitrogens is 2. The lowest BCUT2D eigenvalue weighted by Crippen LogP contribution is -2.34. The van der Waals surface area contributed by atoms with Gasteiger partial charge in [0.2, 0.25) is 0 Å². The molecule has 1 saturated carbocycles. The van der Waals surface area contributed by atoms with Crippen LogP contribution in [0.15, 0.2) is 18.2 Å². The summed E-state index contributed by atoms with van der Waals surface area (Å²) < 4.78 is 95.0. The van der Waals surface area contributed by atoms with Crippen molar-refractivity contribution in [3.63, 3.8) is 0 Å². The molecule has 39 heavy (non-hydrogen) atoms. The molecule has 14 heteroatoms. The first kappa shape index (κ1) is 31.1. The molecule has 1 aromatic carbocycles. The number of aryl methyl sites for hydroxylation is 1. The van der Waals surface area contributed by atoms with E-state index in [-0.39, 0.29) is 57.5 Å². The van der Waals surface area contributed by atoms with Gasteiger partial charge in [-0.25, -0.2) is 8.42 Å². The largest absolute Gasteiger partial charge is 0.434 e. The van der Waals surface area contributed by atoms with Gasteiger partial charge in [-0.1, -0.05) is 24.6 Å². The molecule has 1 amide bonds. The second kappa shape index (κ2) is 12.4. The molecule has 0 aliphatic heterocycles. The normalized spacial score (nSPS) is 19.2.